The van der Waals surface area contributed by atoms with Crippen molar-refractivity contribution in [1.29, 1.82) is 0 Å². The van der Waals surface area contributed by atoms with Gasteiger partial charge in [0.2, 0.25) is 5.91 Å². The van der Waals surface area contributed by atoms with Crippen molar-refractivity contribution in [1.82, 2.24) is 0 Å². The molecule has 1 amide bonds. The van der Waals surface area contributed by atoms with Crippen molar-refractivity contribution in [3.8, 4) is 0 Å². The van der Waals surface area contributed by atoms with Gasteiger partial charge in [-0.05, 0) is 24.1 Å². The standard InChI is InChI=1S/C10H11F3N2O/c11-7-2-5(3-8(12)9(7)13)1-6(4-14)10(15)16/h2-3,6H,1,4,14H2,(H2,15,16). The number of hydrogen-bond donors (Lipinski definition) is 2. The van der Waals surface area contributed by atoms with E-state index in [1.54, 1.807) is 0 Å². The van der Waals surface area contributed by atoms with Crippen molar-refractivity contribution in [2.24, 2.45) is 17.4 Å². The van der Waals surface area contributed by atoms with Crippen LogP contribution in [0.5, 0.6) is 0 Å². The summed E-state index contributed by atoms with van der Waals surface area (Å²) >= 11 is 0. The van der Waals surface area contributed by atoms with Gasteiger partial charge < -0.3 is 11.5 Å². The molecule has 88 valence electrons. The molecular formula is C10H11F3N2O. The van der Waals surface area contributed by atoms with Crippen molar-refractivity contribution in [2.45, 2.75) is 6.42 Å². The molecule has 1 unspecified atom stereocenters. The molecule has 0 radical (unpaired) electrons. The fraction of sp³-hybridized carbons (Fsp3) is 0.300. The Labute approximate surface area is 90.2 Å². The number of primary amides is 1. The number of amides is 1. The van der Waals surface area contributed by atoms with Crippen molar-refractivity contribution >= 4 is 5.91 Å². The van der Waals surface area contributed by atoms with Gasteiger partial charge in [0.25, 0.3) is 0 Å². The predicted molar refractivity (Wildman–Crippen MR) is 51.8 cm³/mol. The van der Waals surface area contributed by atoms with Crippen molar-refractivity contribution in [2.75, 3.05) is 6.54 Å². The third-order valence-corrected chi connectivity index (χ3v) is 2.21. The molecule has 0 aliphatic rings. The van der Waals surface area contributed by atoms with Gasteiger partial charge in [-0.25, -0.2) is 13.2 Å². The van der Waals surface area contributed by atoms with E-state index in [-0.39, 0.29) is 18.5 Å². The zero-order chi connectivity index (χ0) is 12.3. The van der Waals surface area contributed by atoms with Gasteiger partial charge in [-0.2, -0.15) is 0 Å². The molecule has 0 aliphatic heterocycles. The largest absolute Gasteiger partial charge is 0.369 e. The average Bonchev–Trinajstić information content (AvgIpc) is 2.21. The van der Waals surface area contributed by atoms with Gasteiger partial charge in [0.1, 0.15) is 0 Å². The molecule has 0 spiro atoms. The van der Waals surface area contributed by atoms with E-state index in [0.717, 1.165) is 12.1 Å². The summed E-state index contributed by atoms with van der Waals surface area (Å²) in [5, 5.41) is 0. The second kappa shape index (κ2) is 4.98. The summed E-state index contributed by atoms with van der Waals surface area (Å²) in [4.78, 5) is 10.9. The first-order valence-electron chi connectivity index (χ1n) is 4.58. The Hall–Kier alpha value is -1.56. The van der Waals surface area contributed by atoms with Crippen LogP contribution in [-0.2, 0) is 11.2 Å². The van der Waals surface area contributed by atoms with Crippen molar-refractivity contribution in [3.63, 3.8) is 0 Å². The van der Waals surface area contributed by atoms with Crippen LogP contribution in [0.3, 0.4) is 0 Å². The normalized spacial score (nSPS) is 12.5. The van der Waals surface area contributed by atoms with Gasteiger partial charge in [0.15, 0.2) is 17.5 Å². The lowest BCUT2D eigenvalue weighted by molar-refractivity contribution is -0.121. The van der Waals surface area contributed by atoms with Crippen LogP contribution in [0.2, 0.25) is 0 Å². The van der Waals surface area contributed by atoms with E-state index in [0.29, 0.717) is 0 Å². The van der Waals surface area contributed by atoms with Gasteiger partial charge in [0.05, 0.1) is 5.92 Å². The minimum atomic E-state index is -1.54. The number of nitrogens with two attached hydrogens (primary N) is 2. The zero-order valence-corrected chi connectivity index (χ0v) is 8.34. The smallest absolute Gasteiger partial charge is 0.222 e. The molecule has 0 fully saturated rings. The molecule has 1 atom stereocenters. The summed E-state index contributed by atoms with van der Waals surface area (Å²) in [6, 6.07) is 1.65. The quantitative estimate of drug-likeness (QED) is 0.750. The van der Waals surface area contributed by atoms with E-state index in [9.17, 15) is 18.0 Å². The molecule has 1 aromatic carbocycles. The van der Waals surface area contributed by atoms with Crippen LogP contribution >= 0.6 is 0 Å². The van der Waals surface area contributed by atoms with E-state index in [4.69, 9.17) is 11.5 Å². The molecule has 0 aliphatic carbocycles. The number of hydrogen-bond acceptors (Lipinski definition) is 2. The number of carbonyl (C=O) groups excluding carboxylic acids is 1. The van der Waals surface area contributed by atoms with Crippen LogP contribution in [0, 0.1) is 23.4 Å². The summed E-state index contributed by atoms with van der Waals surface area (Å²) in [6.45, 7) is -0.0318. The van der Waals surface area contributed by atoms with Crippen molar-refractivity contribution in [3.05, 3.63) is 35.1 Å². The predicted octanol–water partition coefficient (Wildman–Crippen LogP) is 0.707. The maximum atomic E-state index is 12.8. The van der Waals surface area contributed by atoms with Crippen LogP contribution in [0.4, 0.5) is 13.2 Å². The minimum absolute atomic E-state index is 0.0139. The van der Waals surface area contributed by atoms with Crippen LogP contribution in [0.25, 0.3) is 0 Å². The maximum absolute atomic E-state index is 12.8. The second-order valence-corrected chi connectivity index (χ2v) is 3.41. The van der Waals surface area contributed by atoms with Crippen LogP contribution < -0.4 is 11.5 Å². The maximum Gasteiger partial charge on any atom is 0.222 e. The Morgan fingerprint density at radius 1 is 1.25 bits per heavy atom. The summed E-state index contributed by atoms with van der Waals surface area (Å²) < 4.78 is 38.3. The molecule has 16 heavy (non-hydrogen) atoms. The van der Waals surface area contributed by atoms with E-state index >= 15 is 0 Å². The lowest BCUT2D eigenvalue weighted by Gasteiger charge is -2.10. The first kappa shape index (κ1) is 12.5. The van der Waals surface area contributed by atoms with Gasteiger partial charge in [-0.3, -0.25) is 4.79 Å². The Kier molecular flexibility index (Phi) is 3.89. The highest BCUT2D eigenvalue weighted by atomic mass is 19.2. The molecule has 3 nitrogen and oxygen atoms in total. The number of rotatable bonds is 4. The van der Waals surface area contributed by atoms with Gasteiger partial charge in [-0.15, -0.1) is 0 Å². The SMILES string of the molecule is NCC(Cc1cc(F)c(F)c(F)c1)C(N)=O. The Morgan fingerprint density at radius 3 is 2.12 bits per heavy atom. The third kappa shape index (κ3) is 2.73. The lowest BCUT2D eigenvalue weighted by Crippen LogP contribution is -2.31. The fourth-order valence-corrected chi connectivity index (χ4v) is 1.31. The fourth-order valence-electron chi connectivity index (χ4n) is 1.31. The van der Waals surface area contributed by atoms with E-state index in [1.165, 1.54) is 0 Å². The lowest BCUT2D eigenvalue weighted by atomic mass is 9.98. The molecule has 6 heteroatoms. The van der Waals surface area contributed by atoms with E-state index in [1.807, 2.05) is 0 Å². The van der Waals surface area contributed by atoms with Gasteiger partial charge in [-0.1, -0.05) is 0 Å². The molecule has 1 aromatic rings. The summed E-state index contributed by atoms with van der Waals surface area (Å²) in [6.07, 6.45) is -0.0139. The summed E-state index contributed by atoms with van der Waals surface area (Å²) in [5.74, 6) is -5.51. The van der Waals surface area contributed by atoms with E-state index in [2.05, 4.69) is 0 Å². The minimum Gasteiger partial charge on any atom is -0.369 e. The molecule has 0 saturated carbocycles. The Bertz CT molecular complexity index is 386. The molecule has 0 bridgehead atoms. The molecule has 0 saturated heterocycles. The second-order valence-electron chi connectivity index (χ2n) is 3.41. The monoisotopic (exact) mass is 232 g/mol. The molecular weight excluding hydrogens is 221 g/mol. The van der Waals surface area contributed by atoms with Crippen LogP contribution in [-0.4, -0.2) is 12.5 Å². The third-order valence-electron chi connectivity index (χ3n) is 2.21. The van der Waals surface area contributed by atoms with Gasteiger partial charge in [0, 0.05) is 6.54 Å². The molecule has 1 rings (SSSR count). The highest BCUT2D eigenvalue weighted by Crippen LogP contribution is 2.16. The Balaban J connectivity index is 2.93. The van der Waals surface area contributed by atoms with Crippen LogP contribution in [0.15, 0.2) is 12.1 Å². The highest BCUT2D eigenvalue weighted by molar-refractivity contribution is 5.77. The van der Waals surface area contributed by atoms with E-state index < -0.39 is 29.3 Å². The first-order valence-corrected chi connectivity index (χ1v) is 4.58. The average molecular weight is 232 g/mol. The van der Waals surface area contributed by atoms with Crippen molar-refractivity contribution < 1.29 is 18.0 Å². The first-order chi connectivity index (χ1) is 7.45. The number of benzene rings is 1. The molecule has 0 heterocycles. The number of carbonyl (C=O) groups is 1. The molecule has 0 aromatic heterocycles. The topological polar surface area (TPSA) is 69.1 Å². The summed E-state index contributed by atoms with van der Waals surface area (Å²) in [5.41, 5.74) is 10.4. The number of halogens is 3. The zero-order valence-electron chi connectivity index (χ0n) is 8.34. The summed E-state index contributed by atoms with van der Waals surface area (Å²) in [7, 11) is 0. The highest BCUT2D eigenvalue weighted by Gasteiger charge is 2.17. The van der Waals surface area contributed by atoms with Crippen LogP contribution in [0.1, 0.15) is 5.56 Å². The van der Waals surface area contributed by atoms with Gasteiger partial charge >= 0.3 is 0 Å². The Morgan fingerprint density at radius 2 is 1.75 bits per heavy atom. The molecule has 4 N–H and O–H groups in total.